The number of hydrogen-bond acceptors (Lipinski definition) is 13. The fourth-order valence-electron chi connectivity index (χ4n) is 9.04. The number of urea groups is 1. The maximum atomic E-state index is 14.7. The number of piperidine rings is 2. The molecule has 2 aromatic carbocycles. The molecule has 2 N–H and O–H groups in total. The lowest BCUT2D eigenvalue weighted by Crippen LogP contribution is -2.59. The van der Waals surface area contributed by atoms with Crippen molar-refractivity contribution in [2.75, 3.05) is 86.0 Å². The van der Waals surface area contributed by atoms with Crippen molar-refractivity contribution < 1.29 is 33.1 Å². The molecule has 0 bridgehead atoms. The Morgan fingerprint density at radius 2 is 1.62 bits per heavy atom. The lowest BCUT2D eigenvalue weighted by Gasteiger charge is -2.45. The van der Waals surface area contributed by atoms with Gasteiger partial charge in [0.15, 0.2) is 0 Å². The van der Waals surface area contributed by atoms with E-state index < -0.39 is 35.5 Å². The molecule has 5 aliphatic rings. The van der Waals surface area contributed by atoms with E-state index >= 15 is 0 Å². The summed E-state index contributed by atoms with van der Waals surface area (Å²) in [5, 5.41) is 14.5. The Kier molecular flexibility index (Phi) is 11.3. The van der Waals surface area contributed by atoms with Gasteiger partial charge in [0.2, 0.25) is 17.8 Å². The number of ether oxygens (including phenoxy) is 1. The van der Waals surface area contributed by atoms with Crippen molar-refractivity contribution in [1.82, 2.24) is 30.0 Å². The molecule has 1 aromatic heterocycles. The van der Waals surface area contributed by atoms with Crippen molar-refractivity contribution in [3.63, 3.8) is 0 Å². The highest BCUT2D eigenvalue weighted by Gasteiger charge is 2.45. The fraction of sp³-hybridized carbons (Fsp3) is 0.476. The zero-order chi connectivity index (χ0) is 42.2. The number of nitrogens with one attached hydrogen (secondary N) is 2. The molecule has 8 rings (SSSR count). The number of imide groups is 2. The van der Waals surface area contributed by atoms with Crippen LogP contribution in [0.5, 0.6) is 5.75 Å². The minimum absolute atomic E-state index is 0.0810. The normalized spacial score (nSPS) is 22.8. The molecule has 6 heterocycles. The van der Waals surface area contributed by atoms with Crippen LogP contribution in [0.2, 0.25) is 0 Å². The highest BCUT2D eigenvalue weighted by atomic mass is 19.1. The number of carbonyl (C=O) groups excluding carboxylic acids is 5. The van der Waals surface area contributed by atoms with Gasteiger partial charge in [-0.25, -0.2) is 19.2 Å². The number of amides is 6. The topological polar surface area (TPSA) is 188 Å². The average Bonchev–Trinajstić information content (AvgIpc) is 3.49. The van der Waals surface area contributed by atoms with Gasteiger partial charge >= 0.3 is 6.03 Å². The Labute approximate surface area is 347 Å². The number of nitriles is 1. The first kappa shape index (κ1) is 40.4. The van der Waals surface area contributed by atoms with Crippen molar-refractivity contribution in [3.8, 4) is 11.8 Å². The minimum atomic E-state index is -0.986. The minimum Gasteiger partial charge on any atom is -0.495 e. The van der Waals surface area contributed by atoms with E-state index in [-0.39, 0.29) is 47.8 Å². The Bertz CT molecular complexity index is 2240. The number of benzene rings is 2. The van der Waals surface area contributed by atoms with Crippen molar-refractivity contribution in [2.24, 2.45) is 5.92 Å². The quantitative estimate of drug-likeness (QED) is 0.316. The van der Waals surface area contributed by atoms with Gasteiger partial charge in [0, 0.05) is 94.8 Å². The molecule has 17 nitrogen and oxygen atoms in total. The van der Waals surface area contributed by atoms with Gasteiger partial charge in [-0.2, -0.15) is 5.26 Å². The molecule has 0 saturated carbocycles. The molecule has 18 heteroatoms. The zero-order valence-corrected chi connectivity index (χ0v) is 33.9. The van der Waals surface area contributed by atoms with Gasteiger partial charge in [0.05, 0.1) is 36.3 Å². The van der Waals surface area contributed by atoms with Crippen LogP contribution in [0, 0.1) is 23.1 Å². The molecule has 0 spiro atoms. The second kappa shape index (κ2) is 16.7. The summed E-state index contributed by atoms with van der Waals surface area (Å²) in [4.78, 5) is 84.7. The first-order valence-corrected chi connectivity index (χ1v) is 20.4. The molecule has 314 valence electrons. The summed E-state index contributed by atoms with van der Waals surface area (Å²) in [6.45, 7) is 10.7. The molecule has 0 unspecified atom stereocenters. The maximum Gasteiger partial charge on any atom is 0.322 e. The molecule has 4 saturated heterocycles. The number of halogens is 1. The number of hydrogen-bond donors (Lipinski definition) is 2. The van der Waals surface area contributed by atoms with E-state index in [0.717, 1.165) is 69.2 Å². The summed E-state index contributed by atoms with van der Waals surface area (Å²) >= 11 is 0. The molecular formula is C42H48FN11O6. The zero-order valence-electron chi connectivity index (χ0n) is 33.9. The van der Waals surface area contributed by atoms with Gasteiger partial charge in [-0.3, -0.25) is 34.3 Å². The molecule has 4 fully saturated rings. The van der Waals surface area contributed by atoms with E-state index in [1.54, 1.807) is 35.5 Å². The number of methoxy groups -OCH3 is 1. The molecule has 3 aromatic rings. The number of fused-ring (bicyclic) bond motifs is 1. The Morgan fingerprint density at radius 3 is 2.30 bits per heavy atom. The molecule has 60 heavy (non-hydrogen) atoms. The molecule has 0 radical (unpaired) electrons. The third-order valence-corrected chi connectivity index (χ3v) is 12.4. The van der Waals surface area contributed by atoms with Crippen LogP contribution in [0.25, 0.3) is 0 Å². The van der Waals surface area contributed by atoms with E-state index in [4.69, 9.17) is 4.74 Å². The van der Waals surface area contributed by atoms with E-state index in [2.05, 4.69) is 35.3 Å². The number of rotatable bonds is 8. The van der Waals surface area contributed by atoms with Crippen LogP contribution >= 0.6 is 0 Å². The second-order valence-corrected chi connectivity index (χ2v) is 16.2. The summed E-state index contributed by atoms with van der Waals surface area (Å²) in [5.41, 5.74) is 2.38. The molecule has 6 amide bonds. The predicted molar refractivity (Wildman–Crippen MR) is 218 cm³/mol. The van der Waals surface area contributed by atoms with Crippen LogP contribution in [-0.4, -0.2) is 138 Å². The smallest absolute Gasteiger partial charge is 0.322 e. The summed E-state index contributed by atoms with van der Waals surface area (Å²) in [7, 11) is 1.40. The Hall–Kier alpha value is -6.35. The van der Waals surface area contributed by atoms with Gasteiger partial charge in [0.25, 0.3) is 11.8 Å². The number of piperazine rings is 2. The van der Waals surface area contributed by atoms with Crippen LogP contribution in [0.4, 0.5) is 32.2 Å². The van der Waals surface area contributed by atoms with Gasteiger partial charge in [-0.1, -0.05) is 0 Å². The number of aromatic nitrogens is 2. The summed E-state index contributed by atoms with van der Waals surface area (Å²) in [5.74, 6) is -1.35. The summed E-state index contributed by atoms with van der Waals surface area (Å²) < 4.78 is 19.9. The molecule has 5 aliphatic heterocycles. The van der Waals surface area contributed by atoms with Gasteiger partial charge in [-0.15, -0.1) is 0 Å². The van der Waals surface area contributed by atoms with Crippen molar-refractivity contribution in [2.45, 2.75) is 57.7 Å². The summed E-state index contributed by atoms with van der Waals surface area (Å²) in [6, 6.07) is 8.54. The third-order valence-electron chi connectivity index (χ3n) is 12.4. The molecular weight excluding hydrogens is 774 g/mol. The van der Waals surface area contributed by atoms with Crippen LogP contribution in [-0.2, 0) is 9.59 Å². The summed E-state index contributed by atoms with van der Waals surface area (Å²) in [6.07, 6.45) is 5.46. The standard InChI is InChI=1S/C42H48FN11O6/c1-25-23-53(26(2)22-52(25)30-17-34(43)33(19-44)36(18-30)60-3)42(59)47-28-20-45-41(46-21-28)51-10-8-27(9-11-51)24-49-12-14-50(15-13-49)29-4-5-31-32(16-29)40(58)54(39(31)57)35-6-7-37(55)48-38(35)56/h4-5,16-18,20-21,25-27,35H,6-15,22-24H2,1-3H3,(H,47,59)(H,48,55,56)/t25-,26+,35+/m0/s1. The number of carbonyl (C=O) groups is 5. The van der Waals surface area contributed by atoms with Crippen LogP contribution in [0.3, 0.4) is 0 Å². The lowest BCUT2D eigenvalue weighted by atomic mass is 9.96. The second-order valence-electron chi connectivity index (χ2n) is 16.2. The van der Waals surface area contributed by atoms with Crippen LogP contribution in [0.1, 0.15) is 65.8 Å². The number of nitrogens with zero attached hydrogens (tertiary/aromatic N) is 9. The van der Waals surface area contributed by atoms with E-state index in [1.165, 1.54) is 13.2 Å². The molecule has 0 aliphatic carbocycles. The van der Waals surface area contributed by atoms with Crippen molar-refractivity contribution >= 4 is 52.7 Å². The Balaban J connectivity index is 0.781. The first-order chi connectivity index (χ1) is 28.9. The lowest BCUT2D eigenvalue weighted by molar-refractivity contribution is -0.136. The van der Waals surface area contributed by atoms with E-state index in [1.807, 2.05) is 30.9 Å². The van der Waals surface area contributed by atoms with Crippen LogP contribution in [0.15, 0.2) is 42.7 Å². The third kappa shape index (κ3) is 7.88. The van der Waals surface area contributed by atoms with E-state index in [0.29, 0.717) is 41.9 Å². The fourth-order valence-corrected chi connectivity index (χ4v) is 9.04. The SMILES string of the molecule is COc1cc(N2C[C@@H](C)N(C(=O)Nc3cnc(N4CCC(CN5CCN(c6ccc7c(c6)C(=O)N([C@@H]6CCC(=O)NC6=O)C7=O)CC5)CC4)nc3)C[C@@H]2C)cc(F)c1C#N. The van der Waals surface area contributed by atoms with Crippen molar-refractivity contribution in [1.29, 1.82) is 5.26 Å². The monoisotopic (exact) mass is 821 g/mol. The number of anilines is 4. The van der Waals surface area contributed by atoms with Gasteiger partial charge in [-0.05, 0) is 63.3 Å². The highest BCUT2D eigenvalue weighted by molar-refractivity contribution is 6.23. The van der Waals surface area contributed by atoms with Crippen molar-refractivity contribution in [3.05, 3.63) is 65.2 Å². The highest BCUT2D eigenvalue weighted by Crippen LogP contribution is 2.33. The van der Waals surface area contributed by atoms with E-state index in [9.17, 15) is 33.6 Å². The van der Waals surface area contributed by atoms with Crippen LogP contribution < -0.4 is 30.1 Å². The van der Waals surface area contributed by atoms with Gasteiger partial charge in [0.1, 0.15) is 29.2 Å². The predicted octanol–water partition coefficient (Wildman–Crippen LogP) is 3.07. The molecule has 3 atom stereocenters. The average molecular weight is 822 g/mol. The largest absolute Gasteiger partial charge is 0.495 e. The Morgan fingerprint density at radius 1 is 0.900 bits per heavy atom. The first-order valence-electron chi connectivity index (χ1n) is 20.4. The maximum absolute atomic E-state index is 14.7. The van der Waals surface area contributed by atoms with Gasteiger partial charge < -0.3 is 29.7 Å².